The third kappa shape index (κ3) is 4.23. The fraction of sp³-hybridized carbons (Fsp3) is 0.231. The number of nitrogens with two attached hydrogens (primary N) is 1. The van der Waals surface area contributed by atoms with Gasteiger partial charge in [-0.15, -0.1) is 0 Å². The van der Waals surface area contributed by atoms with Gasteiger partial charge in [0.25, 0.3) is 5.91 Å². The van der Waals surface area contributed by atoms with Crippen molar-refractivity contribution in [3.63, 3.8) is 0 Å². The van der Waals surface area contributed by atoms with Crippen molar-refractivity contribution in [1.29, 1.82) is 0 Å². The molecule has 0 aliphatic heterocycles. The number of alkyl halides is 3. The van der Waals surface area contributed by atoms with Gasteiger partial charge in [0.05, 0.1) is 12.7 Å². The second-order valence-corrected chi connectivity index (χ2v) is 4.08. The van der Waals surface area contributed by atoms with Crippen LogP contribution in [0.3, 0.4) is 0 Å². The molecule has 0 bridgehead atoms. The Bertz CT molecular complexity index is 591. The molecule has 1 aromatic carbocycles. The van der Waals surface area contributed by atoms with E-state index in [2.05, 4.69) is 10.1 Å². The molecule has 1 rings (SSSR count). The van der Waals surface area contributed by atoms with Crippen LogP contribution in [0, 0.1) is 0 Å². The number of amides is 1. The number of hydrogen-bond donors (Lipinski definition) is 2. The lowest BCUT2D eigenvalue weighted by Crippen LogP contribution is -2.25. The van der Waals surface area contributed by atoms with Crippen molar-refractivity contribution in [1.82, 2.24) is 0 Å². The number of halogens is 3. The highest BCUT2D eigenvalue weighted by atomic mass is 19.4. The number of rotatable bonds is 3. The minimum Gasteiger partial charge on any atom is -0.465 e. The van der Waals surface area contributed by atoms with Crippen LogP contribution in [0.15, 0.2) is 35.5 Å². The molecule has 0 saturated carbocycles. The number of esters is 1. The van der Waals surface area contributed by atoms with Crippen LogP contribution in [0.1, 0.15) is 12.5 Å². The van der Waals surface area contributed by atoms with E-state index >= 15 is 0 Å². The van der Waals surface area contributed by atoms with E-state index in [-0.39, 0.29) is 11.4 Å². The minimum atomic E-state index is -4.54. The molecule has 5 nitrogen and oxygen atoms in total. The molecule has 0 aromatic heterocycles. The molecule has 0 fully saturated rings. The van der Waals surface area contributed by atoms with E-state index in [9.17, 15) is 22.8 Å². The third-order valence-corrected chi connectivity index (χ3v) is 2.46. The number of ether oxygens (including phenoxy) is 1. The predicted octanol–water partition coefficient (Wildman–Crippen LogP) is 2.05. The van der Waals surface area contributed by atoms with Crippen molar-refractivity contribution < 1.29 is 27.5 Å². The smallest absolute Gasteiger partial charge is 0.416 e. The minimum absolute atomic E-state index is 0.105. The summed E-state index contributed by atoms with van der Waals surface area (Å²) >= 11 is 0. The summed E-state index contributed by atoms with van der Waals surface area (Å²) in [6.45, 7) is 1.30. The molecule has 0 aliphatic carbocycles. The summed E-state index contributed by atoms with van der Waals surface area (Å²) in [6, 6.07) is 4.00. The van der Waals surface area contributed by atoms with Gasteiger partial charge in [-0.3, -0.25) is 4.79 Å². The largest absolute Gasteiger partial charge is 0.465 e. The fourth-order valence-corrected chi connectivity index (χ4v) is 1.50. The summed E-state index contributed by atoms with van der Waals surface area (Å²) in [6.07, 6.45) is -4.54. The van der Waals surface area contributed by atoms with Crippen LogP contribution in [0.25, 0.3) is 0 Å². The standard InChI is InChI=1S/C13H13F3N2O3/c1-7(17)10(12(20)21-2)11(19)18-9-5-3-4-8(6-9)13(14,15)16/h3-6H,17H2,1-2H3,(H,18,19)/b10-7+. The van der Waals surface area contributed by atoms with Gasteiger partial charge >= 0.3 is 12.1 Å². The summed E-state index contributed by atoms with van der Waals surface area (Å²) in [5.41, 5.74) is 3.80. The zero-order valence-corrected chi connectivity index (χ0v) is 11.2. The van der Waals surface area contributed by atoms with E-state index in [1.165, 1.54) is 13.0 Å². The lowest BCUT2D eigenvalue weighted by Gasteiger charge is -2.11. The number of nitrogens with one attached hydrogen (secondary N) is 1. The summed E-state index contributed by atoms with van der Waals surface area (Å²) in [4.78, 5) is 23.3. The van der Waals surface area contributed by atoms with Crippen molar-refractivity contribution >= 4 is 17.6 Å². The number of carbonyl (C=O) groups excluding carboxylic acids is 2. The first kappa shape index (κ1) is 16.5. The van der Waals surface area contributed by atoms with Crippen LogP contribution in [-0.4, -0.2) is 19.0 Å². The maximum Gasteiger partial charge on any atom is 0.416 e. The Morgan fingerprint density at radius 3 is 2.38 bits per heavy atom. The Balaban J connectivity index is 3.04. The first-order valence-corrected chi connectivity index (χ1v) is 5.70. The zero-order valence-electron chi connectivity index (χ0n) is 11.2. The van der Waals surface area contributed by atoms with E-state index in [1.807, 2.05) is 0 Å². The van der Waals surface area contributed by atoms with Crippen LogP contribution >= 0.6 is 0 Å². The topological polar surface area (TPSA) is 81.4 Å². The summed E-state index contributed by atoms with van der Waals surface area (Å²) in [7, 11) is 1.06. The van der Waals surface area contributed by atoms with E-state index in [4.69, 9.17) is 5.73 Å². The maximum absolute atomic E-state index is 12.6. The first-order valence-electron chi connectivity index (χ1n) is 5.70. The Labute approximate surface area is 118 Å². The third-order valence-electron chi connectivity index (χ3n) is 2.46. The monoisotopic (exact) mass is 302 g/mol. The number of allylic oxidation sites excluding steroid dienone is 1. The highest BCUT2D eigenvalue weighted by molar-refractivity contribution is 6.21. The molecule has 0 saturated heterocycles. The Hall–Kier alpha value is -2.51. The van der Waals surface area contributed by atoms with Gasteiger partial charge < -0.3 is 15.8 Å². The van der Waals surface area contributed by atoms with Crippen molar-refractivity contribution in [2.45, 2.75) is 13.1 Å². The zero-order chi connectivity index (χ0) is 16.2. The SMILES string of the molecule is COC(=O)/C(C(=O)Nc1cccc(C(F)(F)F)c1)=C(\C)N. The van der Waals surface area contributed by atoms with E-state index < -0.39 is 29.2 Å². The highest BCUT2D eigenvalue weighted by Gasteiger charge is 2.30. The molecule has 0 aliphatic rings. The van der Waals surface area contributed by atoms with Crippen LogP contribution < -0.4 is 11.1 Å². The Morgan fingerprint density at radius 1 is 1.29 bits per heavy atom. The average molecular weight is 302 g/mol. The van der Waals surface area contributed by atoms with Gasteiger partial charge in [0.15, 0.2) is 0 Å². The van der Waals surface area contributed by atoms with E-state index in [0.29, 0.717) is 0 Å². The number of carbonyl (C=O) groups is 2. The van der Waals surface area contributed by atoms with Crippen LogP contribution in [0.5, 0.6) is 0 Å². The van der Waals surface area contributed by atoms with Crippen molar-refractivity contribution in [2.24, 2.45) is 5.73 Å². The quantitative estimate of drug-likeness (QED) is 0.387. The number of methoxy groups -OCH3 is 1. The molecule has 3 N–H and O–H groups in total. The maximum atomic E-state index is 12.6. The molecule has 0 unspecified atom stereocenters. The van der Waals surface area contributed by atoms with Crippen molar-refractivity contribution in [2.75, 3.05) is 12.4 Å². The fourth-order valence-electron chi connectivity index (χ4n) is 1.50. The molecular formula is C13H13F3N2O3. The first-order chi connectivity index (χ1) is 9.66. The van der Waals surface area contributed by atoms with E-state index in [1.54, 1.807) is 0 Å². The summed E-state index contributed by atoms with van der Waals surface area (Å²) in [5.74, 6) is -1.92. The predicted molar refractivity (Wildman–Crippen MR) is 69.0 cm³/mol. The molecule has 0 spiro atoms. The Morgan fingerprint density at radius 2 is 1.90 bits per heavy atom. The van der Waals surface area contributed by atoms with Gasteiger partial charge in [0.1, 0.15) is 5.57 Å². The number of benzene rings is 1. The van der Waals surface area contributed by atoms with Crippen LogP contribution in [-0.2, 0) is 20.5 Å². The molecule has 0 radical (unpaired) electrons. The van der Waals surface area contributed by atoms with Crippen molar-refractivity contribution in [3.8, 4) is 0 Å². The summed E-state index contributed by atoms with van der Waals surface area (Å²) < 4.78 is 42.1. The van der Waals surface area contributed by atoms with Gasteiger partial charge in [0.2, 0.25) is 0 Å². The lowest BCUT2D eigenvalue weighted by molar-refractivity contribution is -0.138. The van der Waals surface area contributed by atoms with Gasteiger partial charge in [-0.25, -0.2) is 4.79 Å². The molecule has 21 heavy (non-hydrogen) atoms. The van der Waals surface area contributed by atoms with Gasteiger partial charge in [-0.1, -0.05) is 6.07 Å². The second kappa shape index (κ2) is 6.29. The molecule has 0 heterocycles. The molecule has 1 aromatic rings. The van der Waals surface area contributed by atoms with Gasteiger partial charge in [0, 0.05) is 11.4 Å². The molecular weight excluding hydrogens is 289 g/mol. The van der Waals surface area contributed by atoms with Gasteiger partial charge in [-0.05, 0) is 25.1 Å². The number of hydrogen-bond acceptors (Lipinski definition) is 4. The normalized spacial score (nSPS) is 12.4. The second-order valence-electron chi connectivity index (χ2n) is 4.08. The lowest BCUT2D eigenvalue weighted by atomic mass is 10.1. The van der Waals surface area contributed by atoms with Crippen LogP contribution in [0.4, 0.5) is 18.9 Å². The average Bonchev–Trinajstić information content (AvgIpc) is 2.37. The summed E-state index contributed by atoms with van der Waals surface area (Å²) in [5, 5.41) is 2.17. The van der Waals surface area contributed by atoms with Crippen molar-refractivity contribution in [3.05, 3.63) is 41.1 Å². The molecule has 0 atom stereocenters. The molecule has 114 valence electrons. The molecule has 8 heteroatoms. The number of anilines is 1. The Kier molecular flexibility index (Phi) is 4.96. The van der Waals surface area contributed by atoms with Gasteiger partial charge in [-0.2, -0.15) is 13.2 Å². The molecule has 1 amide bonds. The highest BCUT2D eigenvalue weighted by Crippen LogP contribution is 2.30. The van der Waals surface area contributed by atoms with Crippen LogP contribution in [0.2, 0.25) is 0 Å². The van der Waals surface area contributed by atoms with E-state index in [0.717, 1.165) is 25.3 Å².